The highest BCUT2D eigenvalue weighted by Gasteiger charge is 2.14. The third-order valence-electron chi connectivity index (χ3n) is 2.17. The molecule has 0 bridgehead atoms. The number of Topliss-reactive ketones (excluding diaryl/α,β-unsaturated/α-hetero) is 1. The Morgan fingerprint density at radius 3 is 2.31 bits per heavy atom. The molecule has 2 heteroatoms. The molecule has 0 atom stereocenters. The van der Waals surface area contributed by atoms with Gasteiger partial charge >= 0.3 is 0 Å². The summed E-state index contributed by atoms with van der Waals surface area (Å²) in [5.41, 5.74) is 7.45. The maximum absolute atomic E-state index is 11.2. The molecule has 2 N–H and O–H groups in total. The molecule has 0 heterocycles. The van der Waals surface area contributed by atoms with Crippen LogP contribution in [-0.2, 0) is 4.79 Å². The van der Waals surface area contributed by atoms with Gasteiger partial charge in [0.15, 0.2) is 5.78 Å². The van der Waals surface area contributed by atoms with E-state index in [1.54, 1.807) is 0 Å². The molecule has 0 aromatic heterocycles. The van der Waals surface area contributed by atoms with E-state index >= 15 is 0 Å². The SMILES string of the molecule is CC.CCC(=O)C1=C(N)CCCC1. The maximum Gasteiger partial charge on any atom is 0.160 e. The van der Waals surface area contributed by atoms with Gasteiger partial charge in [-0.05, 0) is 25.7 Å². The first-order valence-electron chi connectivity index (χ1n) is 5.26. The molecule has 0 saturated heterocycles. The molecule has 1 aliphatic rings. The monoisotopic (exact) mass is 183 g/mol. The van der Waals surface area contributed by atoms with Crippen molar-refractivity contribution < 1.29 is 4.79 Å². The van der Waals surface area contributed by atoms with Crippen molar-refractivity contribution in [2.24, 2.45) is 5.73 Å². The Balaban J connectivity index is 0.000000671. The van der Waals surface area contributed by atoms with E-state index in [0.29, 0.717) is 6.42 Å². The largest absolute Gasteiger partial charge is 0.402 e. The Hall–Kier alpha value is -0.790. The first kappa shape index (κ1) is 12.2. The molecule has 1 rings (SSSR count). The van der Waals surface area contributed by atoms with Crippen molar-refractivity contribution >= 4 is 5.78 Å². The maximum atomic E-state index is 11.2. The molecule has 0 radical (unpaired) electrons. The summed E-state index contributed by atoms with van der Waals surface area (Å²) in [7, 11) is 0. The predicted octanol–water partition coefficient (Wildman–Crippen LogP) is 2.78. The van der Waals surface area contributed by atoms with Crippen LogP contribution < -0.4 is 5.73 Å². The summed E-state index contributed by atoms with van der Waals surface area (Å²) in [6.07, 6.45) is 4.68. The van der Waals surface area contributed by atoms with Gasteiger partial charge in [0, 0.05) is 17.7 Å². The van der Waals surface area contributed by atoms with Gasteiger partial charge in [-0.2, -0.15) is 0 Å². The molecule has 0 amide bonds. The van der Waals surface area contributed by atoms with Crippen molar-refractivity contribution in [1.29, 1.82) is 0 Å². The second-order valence-electron chi connectivity index (χ2n) is 2.99. The molecule has 0 aromatic carbocycles. The van der Waals surface area contributed by atoms with Crippen molar-refractivity contribution in [1.82, 2.24) is 0 Å². The molecule has 0 aromatic rings. The van der Waals surface area contributed by atoms with Crippen molar-refractivity contribution in [2.75, 3.05) is 0 Å². The van der Waals surface area contributed by atoms with Crippen molar-refractivity contribution in [3.63, 3.8) is 0 Å². The van der Waals surface area contributed by atoms with Crippen LogP contribution in [0, 0.1) is 0 Å². The average molecular weight is 183 g/mol. The standard InChI is InChI=1S/C9H15NO.C2H6/c1-2-9(11)7-5-3-4-6-8(7)10;1-2/h2-6,10H2,1H3;1-2H3. The fourth-order valence-corrected chi connectivity index (χ4v) is 1.46. The van der Waals surface area contributed by atoms with Gasteiger partial charge < -0.3 is 5.73 Å². The molecular weight excluding hydrogens is 162 g/mol. The predicted molar refractivity (Wildman–Crippen MR) is 56.3 cm³/mol. The van der Waals surface area contributed by atoms with Crippen LogP contribution >= 0.6 is 0 Å². The molecule has 76 valence electrons. The minimum atomic E-state index is 0.238. The van der Waals surface area contributed by atoms with E-state index in [-0.39, 0.29) is 5.78 Å². The van der Waals surface area contributed by atoms with E-state index in [1.807, 2.05) is 20.8 Å². The van der Waals surface area contributed by atoms with E-state index in [1.165, 1.54) is 0 Å². The lowest BCUT2D eigenvalue weighted by molar-refractivity contribution is -0.115. The average Bonchev–Trinajstić information content (AvgIpc) is 2.20. The van der Waals surface area contributed by atoms with Gasteiger partial charge in [0.1, 0.15) is 0 Å². The quantitative estimate of drug-likeness (QED) is 0.715. The van der Waals surface area contributed by atoms with Crippen molar-refractivity contribution in [3.05, 3.63) is 11.3 Å². The number of hydrogen-bond acceptors (Lipinski definition) is 2. The van der Waals surface area contributed by atoms with Gasteiger partial charge in [0.05, 0.1) is 0 Å². The first-order valence-corrected chi connectivity index (χ1v) is 5.26. The minimum Gasteiger partial charge on any atom is -0.402 e. The normalized spacial score (nSPS) is 16.2. The third kappa shape index (κ3) is 3.62. The number of carbonyl (C=O) groups excluding carboxylic acids is 1. The zero-order chi connectivity index (χ0) is 10.3. The van der Waals surface area contributed by atoms with Gasteiger partial charge in [-0.15, -0.1) is 0 Å². The van der Waals surface area contributed by atoms with Gasteiger partial charge in [0.2, 0.25) is 0 Å². The molecule has 0 unspecified atom stereocenters. The Bertz CT molecular complexity index is 194. The second kappa shape index (κ2) is 6.70. The van der Waals surface area contributed by atoms with Gasteiger partial charge in [-0.25, -0.2) is 0 Å². The third-order valence-corrected chi connectivity index (χ3v) is 2.17. The summed E-state index contributed by atoms with van der Waals surface area (Å²) in [5, 5.41) is 0. The highest BCUT2D eigenvalue weighted by molar-refractivity contribution is 5.95. The summed E-state index contributed by atoms with van der Waals surface area (Å²) in [4.78, 5) is 11.2. The lowest BCUT2D eigenvalue weighted by atomic mass is 9.93. The van der Waals surface area contributed by atoms with E-state index in [2.05, 4.69) is 0 Å². The van der Waals surface area contributed by atoms with E-state index < -0.39 is 0 Å². The Kier molecular flexibility index (Phi) is 6.29. The Labute approximate surface area is 81.2 Å². The summed E-state index contributed by atoms with van der Waals surface area (Å²) < 4.78 is 0. The highest BCUT2D eigenvalue weighted by atomic mass is 16.1. The molecule has 0 saturated carbocycles. The Morgan fingerprint density at radius 1 is 1.31 bits per heavy atom. The highest BCUT2D eigenvalue weighted by Crippen LogP contribution is 2.22. The Morgan fingerprint density at radius 2 is 1.85 bits per heavy atom. The lowest BCUT2D eigenvalue weighted by Crippen LogP contribution is -2.14. The van der Waals surface area contributed by atoms with Gasteiger partial charge in [-0.3, -0.25) is 4.79 Å². The van der Waals surface area contributed by atoms with E-state index in [4.69, 9.17) is 5.73 Å². The first-order chi connectivity index (χ1) is 6.25. The lowest BCUT2D eigenvalue weighted by Gasteiger charge is -2.15. The smallest absolute Gasteiger partial charge is 0.160 e. The van der Waals surface area contributed by atoms with Crippen LogP contribution in [0.1, 0.15) is 52.9 Å². The zero-order valence-electron chi connectivity index (χ0n) is 9.02. The summed E-state index contributed by atoms with van der Waals surface area (Å²) in [5.74, 6) is 0.238. The van der Waals surface area contributed by atoms with Crippen LogP contribution in [0.2, 0.25) is 0 Å². The molecular formula is C11H21NO. The van der Waals surface area contributed by atoms with Crippen LogP contribution in [0.25, 0.3) is 0 Å². The van der Waals surface area contributed by atoms with Crippen LogP contribution in [-0.4, -0.2) is 5.78 Å². The van der Waals surface area contributed by atoms with Gasteiger partial charge in [-0.1, -0.05) is 20.8 Å². The van der Waals surface area contributed by atoms with Crippen LogP contribution in [0.15, 0.2) is 11.3 Å². The van der Waals surface area contributed by atoms with Crippen LogP contribution in [0.4, 0.5) is 0 Å². The van der Waals surface area contributed by atoms with Crippen molar-refractivity contribution in [2.45, 2.75) is 52.9 Å². The number of allylic oxidation sites excluding steroid dienone is 2. The van der Waals surface area contributed by atoms with E-state index in [9.17, 15) is 4.79 Å². The fourth-order valence-electron chi connectivity index (χ4n) is 1.46. The molecule has 0 aliphatic heterocycles. The molecule has 1 aliphatic carbocycles. The summed E-state index contributed by atoms with van der Waals surface area (Å²) in [6.45, 7) is 5.89. The zero-order valence-corrected chi connectivity index (χ0v) is 9.02. The van der Waals surface area contributed by atoms with E-state index in [0.717, 1.165) is 37.0 Å². The topological polar surface area (TPSA) is 43.1 Å². The number of ketones is 1. The van der Waals surface area contributed by atoms with Gasteiger partial charge in [0.25, 0.3) is 0 Å². The number of carbonyl (C=O) groups is 1. The fraction of sp³-hybridized carbons (Fsp3) is 0.727. The number of rotatable bonds is 2. The second-order valence-corrected chi connectivity index (χ2v) is 2.99. The summed E-state index contributed by atoms with van der Waals surface area (Å²) in [6, 6.07) is 0. The molecule has 0 spiro atoms. The number of nitrogens with two attached hydrogens (primary N) is 1. The van der Waals surface area contributed by atoms with Crippen LogP contribution in [0.3, 0.4) is 0 Å². The van der Waals surface area contributed by atoms with Crippen molar-refractivity contribution in [3.8, 4) is 0 Å². The molecule has 2 nitrogen and oxygen atoms in total. The number of hydrogen-bond donors (Lipinski definition) is 1. The molecule has 0 fully saturated rings. The molecule has 13 heavy (non-hydrogen) atoms. The van der Waals surface area contributed by atoms with Crippen LogP contribution in [0.5, 0.6) is 0 Å². The minimum absolute atomic E-state index is 0.238. The summed E-state index contributed by atoms with van der Waals surface area (Å²) >= 11 is 0.